The zero-order chi connectivity index (χ0) is 9.19. The molecule has 0 aromatic carbocycles. The van der Waals surface area contributed by atoms with E-state index in [2.05, 4.69) is 0 Å². The van der Waals surface area contributed by atoms with E-state index >= 15 is 0 Å². The van der Waals surface area contributed by atoms with Crippen molar-refractivity contribution in [1.29, 1.82) is 0 Å². The van der Waals surface area contributed by atoms with Crippen molar-refractivity contribution in [3.8, 4) is 0 Å². The van der Waals surface area contributed by atoms with Crippen LogP contribution >= 0.6 is 0 Å². The van der Waals surface area contributed by atoms with Crippen molar-refractivity contribution in [2.24, 2.45) is 11.1 Å². The van der Waals surface area contributed by atoms with Gasteiger partial charge < -0.3 is 5.11 Å². The van der Waals surface area contributed by atoms with Gasteiger partial charge in [-0.1, -0.05) is 0 Å². The summed E-state index contributed by atoms with van der Waals surface area (Å²) in [5.41, 5.74) is 0. The van der Waals surface area contributed by atoms with E-state index in [4.69, 9.17) is 10.2 Å². The van der Waals surface area contributed by atoms with Gasteiger partial charge >= 0.3 is 0 Å². The van der Waals surface area contributed by atoms with E-state index in [9.17, 15) is 8.42 Å². The first-order valence-electron chi connectivity index (χ1n) is 3.93. The van der Waals surface area contributed by atoms with Crippen molar-refractivity contribution >= 4 is 10.2 Å². The average Bonchev–Trinajstić information content (AvgIpc) is 2.35. The summed E-state index contributed by atoms with van der Waals surface area (Å²) in [5, 5.41) is 13.6. The van der Waals surface area contributed by atoms with Crippen LogP contribution in [0.5, 0.6) is 0 Å². The molecule has 1 aliphatic rings. The summed E-state index contributed by atoms with van der Waals surface area (Å²) in [4.78, 5) is 0. The lowest BCUT2D eigenvalue weighted by Gasteiger charge is -2.11. The van der Waals surface area contributed by atoms with Crippen molar-refractivity contribution in [1.82, 2.24) is 4.31 Å². The lowest BCUT2D eigenvalue weighted by molar-refractivity contribution is 0.259. The van der Waals surface area contributed by atoms with Gasteiger partial charge in [-0.3, -0.25) is 0 Å². The van der Waals surface area contributed by atoms with Gasteiger partial charge in [-0.05, 0) is 18.8 Å². The highest BCUT2D eigenvalue weighted by Gasteiger charge is 2.28. The standard InChI is InChI=1S/C6H14N2O3S/c7-12(10,11)8-3-1-6(5-8)2-4-9/h6,9H,1-5H2,(H2,7,10,11). The van der Waals surface area contributed by atoms with Crippen molar-refractivity contribution < 1.29 is 13.5 Å². The Morgan fingerprint density at radius 1 is 1.58 bits per heavy atom. The minimum Gasteiger partial charge on any atom is -0.396 e. The smallest absolute Gasteiger partial charge is 0.276 e. The third kappa shape index (κ3) is 2.41. The molecule has 0 aliphatic carbocycles. The van der Waals surface area contributed by atoms with Crippen LogP contribution in [0.3, 0.4) is 0 Å². The Bertz CT molecular complexity index is 239. The monoisotopic (exact) mass is 194 g/mol. The van der Waals surface area contributed by atoms with Gasteiger partial charge in [-0.2, -0.15) is 12.7 Å². The summed E-state index contributed by atoms with van der Waals surface area (Å²) in [6.45, 7) is 1.06. The third-order valence-electron chi connectivity index (χ3n) is 2.15. The second-order valence-corrected chi connectivity index (χ2v) is 4.62. The topological polar surface area (TPSA) is 83.6 Å². The van der Waals surface area contributed by atoms with Gasteiger partial charge in [0.15, 0.2) is 0 Å². The lowest BCUT2D eigenvalue weighted by atomic mass is 10.1. The molecular weight excluding hydrogens is 180 g/mol. The van der Waals surface area contributed by atoms with Crippen LogP contribution in [0, 0.1) is 5.92 Å². The van der Waals surface area contributed by atoms with Crippen molar-refractivity contribution in [2.45, 2.75) is 12.8 Å². The quantitative estimate of drug-likeness (QED) is 0.598. The van der Waals surface area contributed by atoms with Crippen LogP contribution in [-0.2, 0) is 10.2 Å². The van der Waals surface area contributed by atoms with Gasteiger partial charge in [-0.15, -0.1) is 0 Å². The second-order valence-electron chi connectivity index (χ2n) is 3.07. The first-order chi connectivity index (χ1) is 5.54. The Kier molecular flexibility index (Phi) is 3.05. The maximum Gasteiger partial charge on any atom is 0.276 e. The Morgan fingerprint density at radius 3 is 2.67 bits per heavy atom. The molecule has 1 aliphatic heterocycles. The summed E-state index contributed by atoms with van der Waals surface area (Å²) in [6.07, 6.45) is 1.46. The highest BCUT2D eigenvalue weighted by Crippen LogP contribution is 2.20. The van der Waals surface area contributed by atoms with Gasteiger partial charge in [0.1, 0.15) is 0 Å². The van der Waals surface area contributed by atoms with E-state index < -0.39 is 10.2 Å². The Morgan fingerprint density at radius 2 is 2.25 bits per heavy atom. The summed E-state index contributed by atoms with van der Waals surface area (Å²) < 4.78 is 22.9. The molecule has 5 nitrogen and oxygen atoms in total. The predicted molar refractivity (Wildman–Crippen MR) is 44.5 cm³/mol. The molecule has 72 valence electrons. The number of nitrogens with zero attached hydrogens (tertiary/aromatic N) is 1. The van der Waals surface area contributed by atoms with Crippen LogP contribution in [0.4, 0.5) is 0 Å². The largest absolute Gasteiger partial charge is 0.396 e. The average molecular weight is 194 g/mol. The molecule has 3 N–H and O–H groups in total. The highest BCUT2D eigenvalue weighted by atomic mass is 32.2. The molecule has 0 saturated carbocycles. The molecule has 0 radical (unpaired) electrons. The number of aliphatic hydroxyl groups is 1. The predicted octanol–water partition coefficient (Wildman–Crippen LogP) is -1.11. The minimum atomic E-state index is -3.50. The lowest BCUT2D eigenvalue weighted by Crippen LogP contribution is -2.34. The molecule has 0 spiro atoms. The van der Waals surface area contributed by atoms with Crippen LogP contribution in [0.25, 0.3) is 0 Å². The molecule has 1 saturated heterocycles. The van der Waals surface area contributed by atoms with Crippen LogP contribution in [0.15, 0.2) is 0 Å². The number of rotatable bonds is 3. The van der Waals surface area contributed by atoms with E-state index in [0.29, 0.717) is 19.5 Å². The molecule has 0 aromatic heterocycles. The van der Waals surface area contributed by atoms with Crippen LogP contribution in [-0.4, -0.2) is 37.5 Å². The fourth-order valence-electron chi connectivity index (χ4n) is 1.45. The number of nitrogens with two attached hydrogens (primary N) is 1. The first-order valence-corrected chi connectivity index (χ1v) is 5.43. The number of hydrogen-bond donors (Lipinski definition) is 2. The van der Waals surface area contributed by atoms with Crippen molar-refractivity contribution in [3.05, 3.63) is 0 Å². The van der Waals surface area contributed by atoms with Gasteiger partial charge in [0.2, 0.25) is 0 Å². The Balaban J connectivity index is 2.46. The van der Waals surface area contributed by atoms with E-state index in [1.54, 1.807) is 0 Å². The number of hydrogen-bond acceptors (Lipinski definition) is 3. The summed E-state index contributed by atoms with van der Waals surface area (Å²) in [7, 11) is -3.50. The zero-order valence-electron chi connectivity index (χ0n) is 6.81. The van der Waals surface area contributed by atoms with Crippen molar-refractivity contribution in [3.63, 3.8) is 0 Å². The highest BCUT2D eigenvalue weighted by molar-refractivity contribution is 7.86. The fraction of sp³-hybridized carbons (Fsp3) is 1.00. The zero-order valence-corrected chi connectivity index (χ0v) is 7.63. The molecule has 1 rings (SSSR count). The number of aliphatic hydroxyl groups excluding tert-OH is 1. The van der Waals surface area contributed by atoms with E-state index in [1.165, 1.54) is 4.31 Å². The summed E-state index contributed by atoms with van der Waals surface area (Å²) in [6, 6.07) is 0. The fourth-order valence-corrected chi connectivity index (χ4v) is 2.22. The molecule has 1 atom stereocenters. The Hall–Kier alpha value is -0.170. The second kappa shape index (κ2) is 3.69. The van der Waals surface area contributed by atoms with Crippen molar-refractivity contribution in [2.75, 3.05) is 19.7 Å². The van der Waals surface area contributed by atoms with Crippen LogP contribution in [0.1, 0.15) is 12.8 Å². The first kappa shape index (κ1) is 9.91. The van der Waals surface area contributed by atoms with E-state index in [1.807, 2.05) is 0 Å². The van der Waals surface area contributed by atoms with Crippen LogP contribution in [0.2, 0.25) is 0 Å². The normalized spacial score (nSPS) is 26.3. The molecule has 0 bridgehead atoms. The maximum absolute atomic E-state index is 10.8. The minimum absolute atomic E-state index is 0.114. The third-order valence-corrected chi connectivity index (χ3v) is 3.20. The van der Waals surface area contributed by atoms with Gasteiger partial charge in [0.05, 0.1) is 0 Å². The molecule has 0 aromatic rings. The maximum atomic E-state index is 10.8. The van der Waals surface area contributed by atoms with Gasteiger partial charge in [-0.25, -0.2) is 5.14 Å². The van der Waals surface area contributed by atoms with Gasteiger partial charge in [0, 0.05) is 19.7 Å². The molecule has 12 heavy (non-hydrogen) atoms. The molecule has 6 heteroatoms. The molecule has 1 unspecified atom stereocenters. The van der Waals surface area contributed by atoms with E-state index in [-0.39, 0.29) is 12.5 Å². The summed E-state index contributed by atoms with van der Waals surface area (Å²) in [5.74, 6) is 0.272. The van der Waals surface area contributed by atoms with E-state index in [0.717, 1.165) is 6.42 Å². The van der Waals surface area contributed by atoms with Crippen LogP contribution < -0.4 is 5.14 Å². The molecule has 1 fully saturated rings. The molecular formula is C6H14N2O3S. The SMILES string of the molecule is NS(=O)(=O)N1CCC(CCO)C1. The molecule has 1 heterocycles. The summed E-state index contributed by atoms with van der Waals surface area (Å²) >= 11 is 0. The van der Waals surface area contributed by atoms with Gasteiger partial charge in [0.25, 0.3) is 10.2 Å². The Labute approximate surface area is 72.3 Å². The molecule has 0 amide bonds.